The number of fused-ring (bicyclic) bond motifs is 1. The second-order valence-corrected chi connectivity index (χ2v) is 9.37. The Morgan fingerprint density at radius 1 is 1.32 bits per heavy atom. The molecule has 0 saturated carbocycles. The minimum absolute atomic E-state index is 0.131. The Morgan fingerprint density at radius 3 is 2.47 bits per heavy atom. The zero-order valence-electron chi connectivity index (χ0n) is 12.7. The van der Waals surface area contributed by atoms with Gasteiger partial charge in [-0.05, 0) is 38.7 Å². The summed E-state index contributed by atoms with van der Waals surface area (Å²) in [7, 11) is 0. The summed E-state index contributed by atoms with van der Waals surface area (Å²) in [5.41, 5.74) is 1.30. The number of rotatable bonds is 2. The monoisotopic (exact) mass is 283 g/mol. The average molecular weight is 283 g/mol. The van der Waals surface area contributed by atoms with Gasteiger partial charge >= 0.3 is 0 Å². The van der Waals surface area contributed by atoms with E-state index >= 15 is 0 Å². The molecular formula is C14H25N3OS. The molecule has 0 bridgehead atoms. The molecule has 0 radical (unpaired) electrons. The van der Waals surface area contributed by atoms with Gasteiger partial charge in [0.25, 0.3) is 0 Å². The molecule has 0 fully saturated rings. The first-order valence-electron chi connectivity index (χ1n) is 6.82. The van der Waals surface area contributed by atoms with E-state index in [0.717, 1.165) is 12.1 Å². The summed E-state index contributed by atoms with van der Waals surface area (Å²) in [5, 5.41) is 4.44. The van der Waals surface area contributed by atoms with Crippen LogP contribution in [0.15, 0.2) is 12.3 Å². The molecule has 19 heavy (non-hydrogen) atoms. The Bertz CT molecular complexity index is 444. The topological polar surface area (TPSA) is 52.9 Å². The summed E-state index contributed by atoms with van der Waals surface area (Å²) in [6, 6.07) is 2.52. The third-order valence-electron chi connectivity index (χ3n) is 3.62. The maximum Gasteiger partial charge on any atom is 0.136 e. The van der Waals surface area contributed by atoms with Crippen LogP contribution in [0.2, 0.25) is 0 Å². The summed E-state index contributed by atoms with van der Waals surface area (Å²) in [6.07, 6.45) is 2.79. The normalized spacial score (nSPS) is 25.4. The van der Waals surface area contributed by atoms with Crippen molar-refractivity contribution >= 4 is 11.4 Å². The Labute approximate surface area is 119 Å². The van der Waals surface area contributed by atoms with Crippen LogP contribution in [-0.4, -0.2) is 19.1 Å². The number of hydrogen-bond acceptors (Lipinski definition) is 3. The minimum atomic E-state index is -1.05. The molecule has 108 valence electrons. The van der Waals surface area contributed by atoms with Crippen LogP contribution >= 0.6 is 0 Å². The first-order chi connectivity index (χ1) is 8.60. The van der Waals surface area contributed by atoms with Gasteiger partial charge in [-0.15, -0.1) is 4.72 Å². The van der Waals surface area contributed by atoms with E-state index in [9.17, 15) is 4.55 Å². The molecule has 0 aromatic carbocycles. The van der Waals surface area contributed by atoms with Crippen LogP contribution in [0.25, 0.3) is 0 Å². The first kappa shape index (κ1) is 14.9. The van der Waals surface area contributed by atoms with Gasteiger partial charge < -0.3 is 4.55 Å². The fourth-order valence-corrected chi connectivity index (χ4v) is 3.27. The van der Waals surface area contributed by atoms with Crippen LogP contribution in [0.1, 0.15) is 65.7 Å². The van der Waals surface area contributed by atoms with Crippen molar-refractivity contribution in [2.24, 2.45) is 5.41 Å². The highest BCUT2D eigenvalue weighted by Gasteiger charge is 2.41. The Balaban J connectivity index is 2.19. The third kappa shape index (κ3) is 2.98. The molecule has 5 heteroatoms. The van der Waals surface area contributed by atoms with Gasteiger partial charge in [0.2, 0.25) is 0 Å². The number of nitrogens with one attached hydrogen (secondary N) is 1. The first-order valence-corrected chi connectivity index (χ1v) is 7.97. The number of nitrogens with zero attached hydrogens (tertiary/aromatic N) is 2. The second-order valence-electron chi connectivity index (χ2n) is 7.37. The molecule has 0 amide bonds. The van der Waals surface area contributed by atoms with Crippen molar-refractivity contribution in [1.29, 1.82) is 0 Å². The molecule has 1 aromatic rings. The fraction of sp³-hybridized carbons (Fsp3) is 0.786. The highest BCUT2D eigenvalue weighted by atomic mass is 32.2. The molecule has 1 aromatic heterocycles. The van der Waals surface area contributed by atoms with Crippen LogP contribution in [0.3, 0.4) is 0 Å². The van der Waals surface area contributed by atoms with Crippen LogP contribution in [0, 0.1) is 5.41 Å². The molecule has 0 spiro atoms. The number of hydrogen-bond donors (Lipinski definition) is 1. The van der Waals surface area contributed by atoms with Crippen LogP contribution in [0.5, 0.6) is 0 Å². The standard InChI is InChI=1S/C14H25N3OS/c1-13(2,3)12-9-10(11-7-8-15-17(11)12)16-19(18)14(4,5)6/h7-8,10,12,16H,9H2,1-6H3/t10-,12+,19+/m1/s1. The van der Waals surface area contributed by atoms with E-state index in [4.69, 9.17) is 0 Å². The average Bonchev–Trinajstić information content (AvgIpc) is 2.77. The van der Waals surface area contributed by atoms with Gasteiger partial charge in [0, 0.05) is 17.6 Å². The highest BCUT2D eigenvalue weighted by molar-refractivity contribution is 7.90. The molecule has 4 nitrogen and oxygen atoms in total. The number of aromatic nitrogens is 2. The van der Waals surface area contributed by atoms with E-state index in [0.29, 0.717) is 6.04 Å². The van der Waals surface area contributed by atoms with Gasteiger partial charge in [-0.25, -0.2) is 0 Å². The maximum atomic E-state index is 12.3. The molecule has 2 heterocycles. The predicted molar refractivity (Wildman–Crippen MR) is 79.1 cm³/mol. The van der Waals surface area contributed by atoms with Gasteiger partial charge in [-0.1, -0.05) is 20.8 Å². The molecule has 0 saturated heterocycles. The van der Waals surface area contributed by atoms with E-state index in [1.807, 2.05) is 33.0 Å². The molecule has 1 aliphatic rings. The SMILES string of the molecule is CC(C)(C)[C@@H]1C[C@@H](N[S@@+]([O-])C(C)(C)C)c2ccnn21. The Hall–Kier alpha value is -0.520. The van der Waals surface area contributed by atoms with Gasteiger partial charge in [0.05, 0.1) is 17.8 Å². The molecule has 1 N–H and O–H groups in total. The lowest BCUT2D eigenvalue weighted by Crippen LogP contribution is -2.40. The Morgan fingerprint density at radius 2 is 1.95 bits per heavy atom. The largest absolute Gasteiger partial charge is 0.598 e. The van der Waals surface area contributed by atoms with Crippen molar-refractivity contribution in [3.63, 3.8) is 0 Å². The van der Waals surface area contributed by atoms with E-state index in [2.05, 4.69) is 35.3 Å². The second kappa shape index (κ2) is 4.79. The predicted octanol–water partition coefficient (Wildman–Crippen LogP) is 2.97. The van der Waals surface area contributed by atoms with Gasteiger partial charge in [0.15, 0.2) is 0 Å². The van der Waals surface area contributed by atoms with E-state index in [-0.39, 0.29) is 16.2 Å². The molecule has 3 atom stereocenters. The summed E-state index contributed by atoms with van der Waals surface area (Å²) in [4.78, 5) is 0. The van der Waals surface area contributed by atoms with E-state index in [1.165, 1.54) is 0 Å². The van der Waals surface area contributed by atoms with Crippen LogP contribution < -0.4 is 4.72 Å². The lowest BCUT2D eigenvalue weighted by Gasteiger charge is -2.28. The molecule has 0 aliphatic carbocycles. The van der Waals surface area contributed by atoms with Crippen molar-refractivity contribution < 1.29 is 4.55 Å². The van der Waals surface area contributed by atoms with Gasteiger partial charge in [0.1, 0.15) is 4.75 Å². The van der Waals surface area contributed by atoms with Crippen molar-refractivity contribution in [3.8, 4) is 0 Å². The lowest BCUT2D eigenvalue weighted by molar-refractivity contribution is 0.229. The van der Waals surface area contributed by atoms with Gasteiger partial charge in [-0.2, -0.15) is 5.10 Å². The zero-order chi connectivity index (χ0) is 14.4. The van der Waals surface area contributed by atoms with Crippen molar-refractivity contribution in [1.82, 2.24) is 14.5 Å². The van der Waals surface area contributed by atoms with Crippen LogP contribution in [0.4, 0.5) is 0 Å². The zero-order valence-corrected chi connectivity index (χ0v) is 13.5. The van der Waals surface area contributed by atoms with Crippen LogP contribution in [-0.2, 0) is 11.4 Å². The molecule has 0 unspecified atom stereocenters. The summed E-state index contributed by atoms with van der Waals surface area (Å²) in [6.45, 7) is 12.7. The van der Waals surface area contributed by atoms with Gasteiger partial charge in [-0.3, -0.25) is 4.68 Å². The summed E-state index contributed by atoms with van der Waals surface area (Å²) < 4.78 is 17.4. The third-order valence-corrected chi connectivity index (χ3v) is 5.23. The molecular weight excluding hydrogens is 258 g/mol. The fourth-order valence-electron chi connectivity index (χ4n) is 2.44. The summed E-state index contributed by atoms with van der Waals surface area (Å²) >= 11 is -1.05. The van der Waals surface area contributed by atoms with Crippen molar-refractivity contribution in [2.45, 2.75) is 64.8 Å². The van der Waals surface area contributed by atoms with E-state index < -0.39 is 11.4 Å². The van der Waals surface area contributed by atoms with E-state index in [1.54, 1.807) is 0 Å². The highest BCUT2D eigenvalue weighted by Crippen LogP contribution is 2.44. The van der Waals surface area contributed by atoms with Crippen molar-refractivity contribution in [3.05, 3.63) is 18.0 Å². The smallest absolute Gasteiger partial charge is 0.136 e. The minimum Gasteiger partial charge on any atom is -0.598 e. The maximum absolute atomic E-state index is 12.3. The quantitative estimate of drug-likeness (QED) is 0.849. The summed E-state index contributed by atoms with van der Waals surface area (Å²) in [5.74, 6) is 0. The molecule has 2 rings (SSSR count). The lowest BCUT2D eigenvalue weighted by atomic mass is 9.85. The Kier molecular flexibility index (Phi) is 3.75. The molecule has 1 aliphatic heterocycles. The van der Waals surface area contributed by atoms with Crippen molar-refractivity contribution in [2.75, 3.05) is 0 Å².